The zero-order valence-corrected chi connectivity index (χ0v) is 24.2. The van der Waals surface area contributed by atoms with Gasteiger partial charge in [-0.05, 0) is 6.42 Å². The second-order valence-corrected chi connectivity index (χ2v) is 10.6. The van der Waals surface area contributed by atoms with Gasteiger partial charge in [0.05, 0.1) is 6.61 Å². The highest BCUT2D eigenvalue weighted by atomic mass is 16.6. The van der Waals surface area contributed by atoms with Crippen LogP contribution in [0.3, 0.4) is 0 Å². The van der Waals surface area contributed by atoms with Crippen LogP contribution < -0.4 is 0 Å². The molecule has 9 atom stereocenters. The van der Waals surface area contributed by atoms with Crippen LogP contribution in [0.2, 0.25) is 0 Å². The summed E-state index contributed by atoms with van der Waals surface area (Å²) < 4.78 is 10.0. The van der Waals surface area contributed by atoms with Gasteiger partial charge in [0.15, 0.2) is 12.6 Å². The molecule has 1 aliphatic heterocycles. The second kappa shape index (κ2) is 24.2. The Morgan fingerprint density at radius 3 is 1.71 bits per heavy atom. The third-order valence-corrected chi connectivity index (χ3v) is 7.00. The molecule has 1 saturated heterocycles. The number of hydrogen-bond acceptors (Lipinski definition) is 13. The fraction of sp³-hybridized carbons (Fsp3) is 0.929. The van der Waals surface area contributed by atoms with Gasteiger partial charge in [-0.2, -0.15) is 0 Å². The van der Waals surface area contributed by atoms with Crippen LogP contribution >= 0.6 is 0 Å². The smallest absolute Gasteiger partial charge is 0.305 e. The molecule has 0 aliphatic carbocycles. The van der Waals surface area contributed by atoms with Gasteiger partial charge < -0.3 is 60.2 Å². The first kappa shape index (κ1) is 39.7. The number of aldehydes is 1. The molecule has 13 nitrogen and oxygen atoms in total. The van der Waals surface area contributed by atoms with E-state index in [1.807, 2.05) is 0 Å². The van der Waals surface area contributed by atoms with Gasteiger partial charge in [-0.3, -0.25) is 4.79 Å². The topological polar surface area (TPSA) is 235 Å². The third-order valence-electron chi connectivity index (χ3n) is 7.00. The first-order valence-corrected chi connectivity index (χ1v) is 14.8. The monoisotopic (exact) mass is 598 g/mol. The van der Waals surface area contributed by atoms with Crippen molar-refractivity contribution in [3.8, 4) is 0 Å². The molecule has 244 valence electrons. The van der Waals surface area contributed by atoms with Crippen molar-refractivity contribution in [2.24, 2.45) is 0 Å². The lowest BCUT2D eigenvalue weighted by atomic mass is 9.99. The molecule has 1 heterocycles. The average Bonchev–Trinajstić information content (AvgIpc) is 2.98. The maximum absolute atomic E-state index is 11.8. The SMILES string of the molecule is CCCCCCCCCCCCCCCC(=O)OC[C@H]1OC(O)[C@H](O)[C@@H](O)[C@H]1O.O=C[C@H](O)[C@@H](O)[C@@H](O)[C@H](O)CO. The van der Waals surface area contributed by atoms with Crippen LogP contribution in [-0.2, 0) is 19.1 Å². The van der Waals surface area contributed by atoms with E-state index in [0.717, 1.165) is 19.3 Å². The molecule has 0 aromatic rings. The summed E-state index contributed by atoms with van der Waals surface area (Å²) in [6, 6.07) is 0. The number of carbonyl (C=O) groups is 2. The summed E-state index contributed by atoms with van der Waals surface area (Å²) in [7, 11) is 0. The predicted octanol–water partition coefficient (Wildman–Crippen LogP) is -0.568. The van der Waals surface area contributed by atoms with Crippen LogP contribution in [0.1, 0.15) is 96.8 Å². The fourth-order valence-electron chi connectivity index (χ4n) is 4.22. The number of ether oxygens (including phenoxy) is 2. The van der Waals surface area contributed by atoms with E-state index >= 15 is 0 Å². The Hall–Kier alpha value is -1.26. The Morgan fingerprint density at radius 1 is 0.756 bits per heavy atom. The summed E-state index contributed by atoms with van der Waals surface area (Å²) in [6.45, 7) is 1.22. The molecule has 41 heavy (non-hydrogen) atoms. The van der Waals surface area contributed by atoms with Gasteiger partial charge in [0.2, 0.25) is 0 Å². The summed E-state index contributed by atoms with van der Waals surface area (Å²) in [6.07, 6.45) is 2.32. The number of unbranched alkanes of at least 4 members (excludes halogenated alkanes) is 12. The lowest BCUT2D eigenvalue weighted by Gasteiger charge is -2.37. The van der Waals surface area contributed by atoms with Crippen molar-refractivity contribution in [3.63, 3.8) is 0 Å². The molecule has 1 aliphatic rings. The van der Waals surface area contributed by atoms with Crippen LogP contribution in [0.25, 0.3) is 0 Å². The fourth-order valence-corrected chi connectivity index (χ4v) is 4.22. The molecule has 0 aromatic heterocycles. The highest BCUT2D eigenvalue weighted by molar-refractivity contribution is 5.69. The van der Waals surface area contributed by atoms with Crippen LogP contribution in [0.15, 0.2) is 0 Å². The number of aliphatic hydroxyl groups is 9. The number of hydrogen-bond donors (Lipinski definition) is 9. The Kier molecular flexibility index (Phi) is 23.5. The van der Waals surface area contributed by atoms with Gasteiger partial charge in [-0.1, -0.05) is 84.0 Å². The van der Waals surface area contributed by atoms with E-state index in [0.29, 0.717) is 6.42 Å². The summed E-state index contributed by atoms with van der Waals surface area (Å²) >= 11 is 0. The number of esters is 1. The quantitative estimate of drug-likeness (QED) is 0.0458. The summed E-state index contributed by atoms with van der Waals surface area (Å²) in [5.41, 5.74) is 0. The molecular formula is C28H54O13. The lowest BCUT2D eigenvalue weighted by molar-refractivity contribution is -0.287. The van der Waals surface area contributed by atoms with E-state index < -0.39 is 61.7 Å². The number of aliphatic hydroxyl groups excluding tert-OH is 9. The second-order valence-electron chi connectivity index (χ2n) is 10.6. The van der Waals surface area contributed by atoms with Crippen LogP contribution in [0.5, 0.6) is 0 Å². The number of carbonyl (C=O) groups excluding carboxylic acids is 2. The summed E-state index contributed by atoms with van der Waals surface area (Å²) in [5, 5.41) is 81.8. The van der Waals surface area contributed by atoms with E-state index in [9.17, 15) is 30.0 Å². The van der Waals surface area contributed by atoms with Crippen molar-refractivity contribution in [2.45, 2.75) is 152 Å². The first-order chi connectivity index (χ1) is 19.5. The van der Waals surface area contributed by atoms with E-state index in [2.05, 4.69) is 6.92 Å². The highest BCUT2D eigenvalue weighted by Gasteiger charge is 2.43. The molecule has 13 heteroatoms. The molecule has 1 rings (SSSR count). The third kappa shape index (κ3) is 17.5. The maximum Gasteiger partial charge on any atom is 0.305 e. The van der Waals surface area contributed by atoms with Gasteiger partial charge in [-0.15, -0.1) is 0 Å². The molecular weight excluding hydrogens is 544 g/mol. The van der Waals surface area contributed by atoms with Crippen molar-refractivity contribution in [2.75, 3.05) is 13.2 Å². The van der Waals surface area contributed by atoms with Crippen molar-refractivity contribution in [3.05, 3.63) is 0 Å². The van der Waals surface area contributed by atoms with E-state index in [1.165, 1.54) is 64.2 Å². The standard InChI is InChI=1S/C22H42O7.C6H12O6/c1-2-3-4-5-6-7-8-9-10-11-12-13-14-15-18(23)28-16-17-19(24)20(25)21(26)22(27)29-17;7-1-3(9)5(11)6(12)4(10)2-8/h17,19-22,24-27H,2-16H2,1H3;1,3-6,8-12H,2H2/t17-,19+,20+,21-,22?;3-,4+,5+,6-/m10/s1. The van der Waals surface area contributed by atoms with Crippen molar-refractivity contribution < 1.29 is 65.0 Å². The van der Waals surface area contributed by atoms with Crippen molar-refractivity contribution >= 4 is 12.3 Å². The Morgan fingerprint density at radius 2 is 1.24 bits per heavy atom. The lowest BCUT2D eigenvalue weighted by Crippen LogP contribution is -2.58. The first-order valence-electron chi connectivity index (χ1n) is 14.8. The molecule has 0 radical (unpaired) electrons. The molecule has 1 unspecified atom stereocenters. The Labute approximate surface area is 242 Å². The minimum Gasteiger partial charge on any atom is -0.463 e. The number of rotatable bonds is 21. The zero-order chi connectivity index (χ0) is 31.2. The molecule has 1 fully saturated rings. The zero-order valence-electron chi connectivity index (χ0n) is 24.2. The van der Waals surface area contributed by atoms with Gasteiger partial charge in [0.25, 0.3) is 0 Å². The van der Waals surface area contributed by atoms with Crippen molar-refractivity contribution in [1.29, 1.82) is 0 Å². The van der Waals surface area contributed by atoms with Gasteiger partial charge in [0.1, 0.15) is 55.4 Å². The minimum absolute atomic E-state index is 0.0258. The van der Waals surface area contributed by atoms with Crippen LogP contribution in [0.4, 0.5) is 0 Å². The average molecular weight is 599 g/mol. The highest BCUT2D eigenvalue weighted by Crippen LogP contribution is 2.20. The Balaban J connectivity index is 0.00000112. The van der Waals surface area contributed by atoms with Crippen molar-refractivity contribution in [1.82, 2.24) is 0 Å². The molecule has 0 bridgehead atoms. The molecule has 0 saturated carbocycles. The largest absolute Gasteiger partial charge is 0.463 e. The normalized spacial score (nSPS) is 25.4. The van der Waals surface area contributed by atoms with Crippen LogP contribution in [0, 0.1) is 0 Å². The molecule has 0 aromatic carbocycles. The predicted molar refractivity (Wildman–Crippen MR) is 147 cm³/mol. The molecule has 9 N–H and O–H groups in total. The molecule has 0 spiro atoms. The molecule has 0 amide bonds. The Bertz CT molecular complexity index is 652. The summed E-state index contributed by atoms with van der Waals surface area (Å²) in [5.74, 6) is -0.390. The van der Waals surface area contributed by atoms with E-state index in [4.69, 9.17) is 35.0 Å². The summed E-state index contributed by atoms with van der Waals surface area (Å²) in [4.78, 5) is 21.7. The van der Waals surface area contributed by atoms with Gasteiger partial charge in [0, 0.05) is 6.42 Å². The maximum atomic E-state index is 11.8. The minimum atomic E-state index is -1.79. The van der Waals surface area contributed by atoms with Crippen LogP contribution in [-0.4, -0.2) is 127 Å². The van der Waals surface area contributed by atoms with Gasteiger partial charge >= 0.3 is 5.97 Å². The van der Waals surface area contributed by atoms with Gasteiger partial charge in [-0.25, -0.2) is 0 Å². The van der Waals surface area contributed by atoms with E-state index in [1.54, 1.807) is 0 Å². The van der Waals surface area contributed by atoms with E-state index in [-0.39, 0.29) is 18.9 Å².